The maximum absolute atomic E-state index is 13.0. The zero-order valence-corrected chi connectivity index (χ0v) is 18.2. The van der Waals surface area contributed by atoms with Gasteiger partial charge in [-0.3, -0.25) is 4.90 Å². The number of nitrogens with one attached hydrogen (secondary N) is 1. The van der Waals surface area contributed by atoms with Crippen molar-refractivity contribution in [2.24, 2.45) is 0 Å². The number of nitrogens with zero attached hydrogens (tertiary/aromatic N) is 1. The highest BCUT2D eigenvalue weighted by molar-refractivity contribution is 7.89. The normalized spacial score (nSPS) is 21.1. The molecule has 1 aliphatic carbocycles. The molecule has 4 nitrogen and oxygen atoms in total. The number of sulfonamides is 1. The molecule has 5 heteroatoms. The molecule has 2 aromatic carbocycles. The minimum atomic E-state index is -3.55. The average Bonchev–Trinajstić information content (AvgIpc) is 2.73. The Bertz CT molecular complexity index is 894. The van der Waals surface area contributed by atoms with E-state index in [4.69, 9.17) is 0 Å². The van der Waals surface area contributed by atoms with E-state index in [2.05, 4.69) is 47.4 Å². The van der Waals surface area contributed by atoms with Gasteiger partial charge in [-0.15, -0.1) is 6.58 Å². The molecule has 0 amide bonds. The summed E-state index contributed by atoms with van der Waals surface area (Å²) in [6.07, 6.45) is 5.90. The predicted octanol–water partition coefficient (Wildman–Crippen LogP) is 4.83. The molecule has 0 saturated heterocycles. The van der Waals surface area contributed by atoms with Crippen LogP contribution in [0.5, 0.6) is 0 Å². The second-order valence-electron chi connectivity index (χ2n) is 7.96. The molecule has 156 valence electrons. The summed E-state index contributed by atoms with van der Waals surface area (Å²) in [7, 11) is -3.55. The Morgan fingerprint density at radius 2 is 1.76 bits per heavy atom. The number of benzene rings is 2. The summed E-state index contributed by atoms with van der Waals surface area (Å²) in [6, 6.07) is 17.7. The molecule has 1 saturated carbocycles. The molecule has 1 N–H and O–H groups in total. The van der Waals surface area contributed by atoms with E-state index < -0.39 is 10.0 Å². The molecule has 1 fully saturated rings. The first-order valence-electron chi connectivity index (χ1n) is 10.4. The van der Waals surface area contributed by atoms with Gasteiger partial charge < -0.3 is 0 Å². The van der Waals surface area contributed by atoms with Gasteiger partial charge in [-0.2, -0.15) is 0 Å². The van der Waals surface area contributed by atoms with E-state index in [1.807, 2.05) is 31.2 Å². The molecule has 0 unspecified atom stereocenters. The van der Waals surface area contributed by atoms with Crippen molar-refractivity contribution in [3.8, 4) is 0 Å². The van der Waals surface area contributed by atoms with E-state index in [0.717, 1.165) is 37.8 Å². The lowest BCUT2D eigenvalue weighted by molar-refractivity contribution is 0.105. The first kappa shape index (κ1) is 21.8. The average molecular weight is 413 g/mol. The van der Waals surface area contributed by atoms with Gasteiger partial charge in [0.2, 0.25) is 10.0 Å². The van der Waals surface area contributed by atoms with Crippen LogP contribution in [-0.2, 0) is 10.0 Å². The van der Waals surface area contributed by atoms with E-state index in [1.54, 1.807) is 12.1 Å². The topological polar surface area (TPSA) is 49.4 Å². The third-order valence-corrected chi connectivity index (χ3v) is 7.42. The molecule has 0 radical (unpaired) electrons. The molecule has 3 rings (SSSR count). The summed E-state index contributed by atoms with van der Waals surface area (Å²) >= 11 is 0. The largest absolute Gasteiger partial charge is 0.288 e. The molecule has 0 heterocycles. The third-order valence-electron chi connectivity index (χ3n) is 5.91. The molecule has 0 aliphatic heterocycles. The fourth-order valence-corrected chi connectivity index (χ4v) is 5.59. The second-order valence-corrected chi connectivity index (χ2v) is 9.68. The van der Waals surface area contributed by atoms with Crippen LogP contribution >= 0.6 is 0 Å². The fraction of sp³-hybridized carbons (Fsp3) is 0.417. The monoisotopic (exact) mass is 412 g/mol. The molecular weight excluding hydrogens is 380 g/mol. The number of hydrogen-bond acceptors (Lipinski definition) is 3. The fourth-order valence-electron chi connectivity index (χ4n) is 4.28. The van der Waals surface area contributed by atoms with E-state index >= 15 is 0 Å². The molecular formula is C24H32N2O2S. The summed E-state index contributed by atoms with van der Waals surface area (Å²) in [5.74, 6) is 0. The molecule has 29 heavy (non-hydrogen) atoms. The summed E-state index contributed by atoms with van der Waals surface area (Å²) in [5, 5.41) is 0. The Labute approximate surface area is 175 Å². The minimum Gasteiger partial charge on any atom is -0.288 e. The van der Waals surface area contributed by atoms with Crippen LogP contribution in [0.2, 0.25) is 0 Å². The summed E-state index contributed by atoms with van der Waals surface area (Å²) in [5.41, 5.74) is 2.29. The molecule has 1 aliphatic rings. The van der Waals surface area contributed by atoms with Crippen molar-refractivity contribution in [2.75, 3.05) is 6.54 Å². The van der Waals surface area contributed by atoms with Crippen LogP contribution in [0.15, 0.2) is 72.1 Å². The lowest BCUT2D eigenvalue weighted by atomic mass is 9.88. The van der Waals surface area contributed by atoms with Crippen molar-refractivity contribution in [1.29, 1.82) is 0 Å². The van der Waals surface area contributed by atoms with Crippen LogP contribution in [0.25, 0.3) is 0 Å². The first-order valence-corrected chi connectivity index (χ1v) is 11.9. The zero-order valence-electron chi connectivity index (χ0n) is 17.4. The first-order chi connectivity index (χ1) is 13.9. The summed E-state index contributed by atoms with van der Waals surface area (Å²) < 4.78 is 29.1. The molecule has 2 aromatic rings. The standard InChI is InChI=1S/C24H32N2O2S/c1-4-18-26(20(3)21-10-6-5-7-11-21)24-13-9-8-12-23(24)25-29(27,28)22-16-14-19(2)15-17-22/h4-7,10-11,14-17,20,23-25H,1,8-9,12-13,18H2,2-3H3/t20-,23-,24-/m1/s1. The van der Waals surface area contributed by atoms with E-state index in [1.165, 1.54) is 5.56 Å². The van der Waals surface area contributed by atoms with Crippen molar-refractivity contribution < 1.29 is 8.42 Å². The summed E-state index contributed by atoms with van der Waals surface area (Å²) in [4.78, 5) is 2.72. The van der Waals surface area contributed by atoms with Crippen LogP contribution in [-0.4, -0.2) is 31.9 Å². The highest BCUT2D eigenvalue weighted by Crippen LogP contribution is 2.31. The van der Waals surface area contributed by atoms with Gasteiger partial charge in [0.05, 0.1) is 4.90 Å². The van der Waals surface area contributed by atoms with Gasteiger partial charge in [0.25, 0.3) is 0 Å². The van der Waals surface area contributed by atoms with E-state index in [0.29, 0.717) is 4.90 Å². The summed E-state index contributed by atoms with van der Waals surface area (Å²) in [6.45, 7) is 8.82. The van der Waals surface area contributed by atoms with E-state index in [9.17, 15) is 8.42 Å². The Kier molecular flexibility index (Phi) is 7.28. The highest BCUT2D eigenvalue weighted by atomic mass is 32.2. The molecule has 0 spiro atoms. The lowest BCUT2D eigenvalue weighted by Gasteiger charge is -2.43. The van der Waals surface area contributed by atoms with Crippen molar-refractivity contribution in [2.45, 2.75) is 62.6 Å². The van der Waals surface area contributed by atoms with Crippen molar-refractivity contribution in [1.82, 2.24) is 9.62 Å². The van der Waals surface area contributed by atoms with Crippen LogP contribution in [0.1, 0.15) is 49.8 Å². The van der Waals surface area contributed by atoms with Crippen molar-refractivity contribution >= 4 is 10.0 Å². The Balaban J connectivity index is 1.85. The van der Waals surface area contributed by atoms with Gasteiger partial charge in [-0.25, -0.2) is 13.1 Å². The number of rotatable bonds is 8. The quantitative estimate of drug-likeness (QED) is 0.632. The van der Waals surface area contributed by atoms with Crippen LogP contribution in [0, 0.1) is 6.92 Å². The molecule has 3 atom stereocenters. The minimum absolute atomic E-state index is 0.110. The predicted molar refractivity (Wildman–Crippen MR) is 119 cm³/mol. The van der Waals surface area contributed by atoms with E-state index in [-0.39, 0.29) is 18.1 Å². The Morgan fingerprint density at radius 1 is 1.10 bits per heavy atom. The van der Waals surface area contributed by atoms with Crippen LogP contribution in [0.4, 0.5) is 0 Å². The Hall–Kier alpha value is -1.95. The SMILES string of the molecule is C=CCN([C@H](C)c1ccccc1)[C@@H]1CCCC[C@H]1NS(=O)(=O)c1ccc(C)cc1. The number of hydrogen-bond donors (Lipinski definition) is 1. The van der Waals surface area contributed by atoms with Gasteiger partial charge in [-0.1, -0.05) is 66.9 Å². The van der Waals surface area contributed by atoms with Gasteiger partial charge in [0, 0.05) is 24.7 Å². The van der Waals surface area contributed by atoms with Gasteiger partial charge >= 0.3 is 0 Å². The maximum atomic E-state index is 13.0. The van der Waals surface area contributed by atoms with Crippen molar-refractivity contribution in [3.63, 3.8) is 0 Å². The highest BCUT2D eigenvalue weighted by Gasteiger charge is 2.35. The lowest BCUT2D eigenvalue weighted by Crippen LogP contribution is -2.53. The number of aryl methyl sites for hydroxylation is 1. The third kappa shape index (κ3) is 5.35. The molecule has 0 bridgehead atoms. The van der Waals surface area contributed by atoms with Crippen LogP contribution in [0.3, 0.4) is 0 Å². The molecule has 0 aromatic heterocycles. The van der Waals surface area contributed by atoms with Gasteiger partial charge in [0.15, 0.2) is 0 Å². The Morgan fingerprint density at radius 3 is 2.41 bits per heavy atom. The second kappa shape index (κ2) is 9.70. The smallest absolute Gasteiger partial charge is 0.240 e. The zero-order chi connectivity index (χ0) is 20.9. The van der Waals surface area contributed by atoms with Gasteiger partial charge in [0.1, 0.15) is 0 Å². The van der Waals surface area contributed by atoms with Crippen molar-refractivity contribution in [3.05, 3.63) is 78.4 Å². The van der Waals surface area contributed by atoms with Crippen LogP contribution < -0.4 is 4.72 Å². The maximum Gasteiger partial charge on any atom is 0.240 e. The van der Waals surface area contributed by atoms with Gasteiger partial charge in [-0.05, 0) is 44.4 Å².